The Kier molecular flexibility index (Phi) is 10.2. The molecule has 0 aromatic carbocycles. The van der Waals surface area contributed by atoms with Crippen LogP contribution in [0.5, 0.6) is 0 Å². The van der Waals surface area contributed by atoms with Gasteiger partial charge in [0.25, 0.3) is 18.1 Å². The zero-order valence-corrected chi connectivity index (χ0v) is 22.8. The van der Waals surface area contributed by atoms with Gasteiger partial charge in [-0.1, -0.05) is 0 Å². The Labute approximate surface area is 237 Å². The molecule has 0 spiro atoms. The summed E-state index contributed by atoms with van der Waals surface area (Å²) in [4.78, 5) is 104. The maximum Gasteiger partial charge on any atom is 1.00 e. The number of nitrogens with one attached hydrogen (secondary N) is 2. The van der Waals surface area contributed by atoms with Crippen molar-refractivity contribution in [2.24, 2.45) is 0 Å². The van der Waals surface area contributed by atoms with Crippen LogP contribution < -0.4 is 45.3 Å². The third-order valence-corrected chi connectivity index (χ3v) is 6.02. The molecule has 2 N–H and O–H groups in total. The Balaban J connectivity index is 0.00000507. The molecule has 18 heteroatoms. The first-order chi connectivity index (χ1) is 17.5. The number of hydroxylamine groups is 2. The number of aliphatic carboxylic acids is 1. The van der Waals surface area contributed by atoms with Crippen LogP contribution in [-0.4, -0.2) is 113 Å². The van der Waals surface area contributed by atoms with Gasteiger partial charge < -0.3 is 34.9 Å². The number of ether oxygens (including phenoxy) is 2. The number of carbonyl (C=O) groups excluding carboxylic acids is 8. The standard InChI is InChI=1S/C20H25N5O12.Na/c1-3-23-6-7-24(17(31)16(23)30)19(34)22-13(10(2)35-9-26)14(28)21-11-8-36-25(15(11)29)20(18(32)33)5-4-12(27)37-20;/h9-11,13H,3-8H2,1-2H3,(H,21,28)(H,22,34)(H,32,33);/q;+1/p-1/t10-,11-,13+,20?;/m0./s1. The summed E-state index contributed by atoms with van der Waals surface area (Å²) >= 11 is 0. The van der Waals surface area contributed by atoms with E-state index in [1.807, 2.05) is 0 Å². The fourth-order valence-electron chi connectivity index (χ4n) is 3.95. The van der Waals surface area contributed by atoms with E-state index >= 15 is 0 Å². The van der Waals surface area contributed by atoms with Crippen LogP contribution in [0.15, 0.2) is 0 Å². The van der Waals surface area contributed by atoms with Crippen LogP contribution in [0.1, 0.15) is 26.7 Å². The van der Waals surface area contributed by atoms with Crippen molar-refractivity contribution in [2.45, 2.75) is 50.6 Å². The van der Waals surface area contributed by atoms with Gasteiger partial charge in [-0.15, -0.1) is 0 Å². The molecule has 3 aliphatic rings. The Bertz CT molecular complexity index is 1040. The van der Waals surface area contributed by atoms with Gasteiger partial charge in [0.1, 0.15) is 30.8 Å². The first-order valence-corrected chi connectivity index (χ1v) is 11.2. The number of hydrogen-bond donors (Lipinski definition) is 2. The van der Waals surface area contributed by atoms with E-state index in [0.717, 1.165) is 0 Å². The van der Waals surface area contributed by atoms with Crippen molar-refractivity contribution in [3.63, 3.8) is 0 Å². The molecule has 6 amide bonds. The normalized spacial score (nSPS) is 24.8. The number of imide groups is 1. The molecule has 3 heterocycles. The van der Waals surface area contributed by atoms with Gasteiger partial charge in [0.15, 0.2) is 0 Å². The maximum atomic E-state index is 13.0. The second-order valence-corrected chi connectivity index (χ2v) is 8.24. The minimum absolute atomic E-state index is 0. The fraction of sp³-hybridized carbons (Fsp3) is 0.600. The summed E-state index contributed by atoms with van der Waals surface area (Å²) in [6, 6.07) is -4.26. The number of likely N-dealkylation sites (N-methyl/N-ethyl adjacent to an activating group) is 1. The smallest absolute Gasteiger partial charge is 0.544 e. The molecule has 202 valence electrons. The fourth-order valence-corrected chi connectivity index (χ4v) is 3.95. The molecule has 3 rings (SSSR count). The maximum absolute atomic E-state index is 13.0. The molecule has 0 aromatic rings. The molecule has 0 aromatic heterocycles. The van der Waals surface area contributed by atoms with Crippen molar-refractivity contribution in [2.75, 3.05) is 26.2 Å². The number of carboxylic acid groups (broad SMARTS) is 1. The molecular weight excluding hydrogens is 525 g/mol. The molecule has 3 saturated heterocycles. The van der Waals surface area contributed by atoms with E-state index in [-0.39, 0.29) is 62.1 Å². The molecule has 1 unspecified atom stereocenters. The summed E-state index contributed by atoms with van der Waals surface area (Å²) < 4.78 is 9.52. The van der Waals surface area contributed by atoms with E-state index in [1.165, 1.54) is 11.8 Å². The number of carbonyl (C=O) groups is 8. The van der Waals surface area contributed by atoms with Gasteiger partial charge in [0, 0.05) is 26.1 Å². The van der Waals surface area contributed by atoms with Gasteiger partial charge in [-0.05, 0) is 13.8 Å². The number of piperazine rings is 1. The second kappa shape index (κ2) is 12.5. The molecule has 3 fully saturated rings. The molecule has 0 radical (unpaired) electrons. The monoisotopic (exact) mass is 549 g/mol. The van der Waals surface area contributed by atoms with E-state index in [1.54, 1.807) is 6.92 Å². The van der Waals surface area contributed by atoms with Crippen LogP contribution in [0.2, 0.25) is 0 Å². The Morgan fingerprint density at radius 2 is 1.89 bits per heavy atom. The minimum Gasteiger partial charge on any atom is -0.544 e. The van der Waals surface area contributed by atoms with Gasteiger partial charge in [-0.2, -0.15) is 5.06 Å². The number of nitrogens with zero attached hydrogens (tertiary/aromatic N) is 3. The molecule has 3 aliphatic heterocycles. The summed E-state index contributed by atoms with van der Waals surface area (Å²) in [6.07, 6.45) is -2.06. The van der Waals surface area contributed by atoms with Crippen LogP contribution >= 0.6 is 0 Å². The Morgan fingerprint density at radius 3 is 2.45 bits per heavy atom. The van der Waals surface area contributed by atoms with Crippen LogP contribution in [0.25, 0.3) is 0 Å². The minimum atomic E-state index is -2.51. The summed E-state index contributed by atoms with van der Waals surface area (Å²) in [7, 11) is 0. The van der Waals surface area contributed by atoms with Crippen molar-refractivity contribution in [3.05, 3.63) is 0 Å². The summed E-state index contributed by atoms with van der Waals surface area (Å²) in [6.45, 7) is 2.50. The van der Waals surface area contributed by atoms with Crippen molar-refractivity contribution in [3.8, 4) is 0 Å². The average Bonchev–Trinajstić information content (AvgIpc) is 3.42. The number of esters is 1. The van der Waals surface area contributed by atoms with Crippen molar-refractivity contribution in [1.82, 2.24) is 25.5 Å². The first-order valence-electron chi connectivity index (χ1n) is 11.2. The third kappa shape index (κ3) is 5.90. The number of urea groups is 1. The van der Waals surface area contributed by atoms with Crippen molar-refractivity contribution >= 4 is 48.1 Å². The topological polar surface area (TPSA) is 221 Å². The zero-order chi connectivity index (χ0) is 27.5. The predicted molar refractivity (Wildman–Crippen MR) is 111 cm³/mol. The predicted octanol–water partition coefficient (Wildman–Crippen LogP) is -7.64. The van der Waals surface area contributed by atoms with E-state index in [4.69, 9.17) is 14.3 Å². The largest absolute Gasteiger partial charge is 1.00 e. The SMILES string of the molecule is CCN1CCN(C(=O)N[C@@H](C(=O)N[C@H]2CON(C3(C(=O)[O-])CCC(=O)O3)C2=O)[C@H](C)OC=O)C(=O)C1=O.[Na+]. The van der Waals surface area contributed by atoms with Crippen molar-refractivity contribution in [1.29, 1.82) is 0 Å². The molecule has 0 saturated carbocycles. The second-order valence-electron chi connectivity index (χ2n) is 8.24. The zero-order valence-electron chi connectivity index (χ0n) is 20.8. The first kappa shape index (κ1) is 30.9. The van der Waals surface area contributed by atoms with Gasteiger partial charge in [-0.25, -0.2) is 4.79 Å². The molecule has 17 nitrogen and oxygen atoms in total. The van der Waals surface area contributed by atoms with Crippen LogP contribution in [-0.2, 0) is 47.9 Å². The Morgan fingerprint density at radius 1 is 1.21 bits per heavy atom. The third-order valence-electron chi connectivity index (χ3n) is 6.02. The van der Waals surface area contributed by atoms with Crippen LogP contribution in [0, 0.1) is 0 Å². The summed E-state index contributed by atoms with van der Waals surface area (Å²) in [5, 5.41) is 16.4. The molecule has 38 heavy (non-hydrogen) atoms. The quantitative estimate of drug-likeness (QED) is 0.118. The molecular formula is C20H24N5NaO12. The van der Waals surface area contributed by atoms with Crippen LogP contribution in [0.3, 0.4) is 0 Å². The molecule has 0 bridgehead atoms. The van der Waals surface area contributed by atoms with E-state index in [2.05, 4.69) is 10.6 Å². The molecule has 0 aliphatic carbocycles. The summed E-state index contributed by atoms with van der Waals surface area (Å²) in [5.41, 5.74) is -2.51. The van der Waals surface area contributed by atoms with Crippen LogP contribution in [0.4, 0.5) is 4.79 Å². The average molecular weight is 549 g/mol. The van der Waals surface area contributed by atoms with E-state index in [9.17, 15) is 43.5 Å². The number of carboxylic acids is 1. The Hall–Kier alpha value is -3.28. The summed E-state index contributed by atoms with van der Waals surface area (Å²) in [5.74, 6) is -6.99. The van der Waals surface area contributed by atoms with Gasteiger partial charge in [-0.3, -0.25) is 38.5 Å². The van der Waals surface area contributed by atoms with Crippen molar-refractivity contribution < 1.29 is 87.3 Å². The van der Waals surface area contributed by atoms with E-state index in [0.29, 0.717) is 9.96 Å². The van der Waals surface area contributed by atoms with Gasteiger partial charge >= 0.3 is 53.4 Å². The molecule has 4 atom stereocenters. The number of hydrogen-bond acceptors (Lipinski definition) is 12. The number of cyclic esters (lactones) is 1. The number of amides is 6. The van der Waals surface area contributed by atoms with Gasteiger partial charge in [0.05, 0.1) is 6.42 Å². The van der Waals surface area contributed by atoms with Gasteiger partial charge in [0.2, 0.25) is 5.91 Å². The number of rotatable bonds is 9. The van der Waals surface area contributed by atoms with E-state index < -0.39 is 78.5 Å².